The Labute approximate surface area is 115 Å². The second kappa shape index (κ2) is 5.55. The van der Waals surface area contributed by atoms with E-state index in [0.717, 1.165) is 21.3 Å². The fourth-order valence-corrected chi connectivity index (χ4v) is 2.12. The van der Waals surface area contributed by atoms with E-state index in [1.165, 1.54) is 0 Å². The van der Waals surface area contributed by atoms with Crippen molar-refractivity contribution < 1.29 is 9.84 Å². The number of benzene rings is 2. The van der Waals surface area contributed by atoms with Gasteiger partial charge in [-0.15, -0.1) is 0 Å². The second-order valence-electron chi connectivity index (χ2n) is 4.28. The number of aliphatic hydroxyl groups is 1. The molecule has 0 fully saturated rings. The molecule has 0 radical (unpaired) electrons. The van der Waals surface area contributed by atoms with E-state index in [0.29, 0.717) is 5.75 Å². The molecule has 0 saturated carbocycles. The Bertz CT molecular complexity index is 550. The molecule has 0 aliphatic rings. The average molecular weight is 307 g/mol. The summed E-state index contributed by atoms with van der Waals surface area (Å²) in [5.41, 5.74) is 1.91. The number of rotatable bonds is 3. The smallest absolute Gasteiger partial charge is 0.133 e. The Hall–Kier alpha value is -1.32. The third-order valence-electron chi connectivity index (χ3n) is 2.64. The Kier molecular flexibility index (Phi) is 4.04. The molecule has 3 heteroatoms. The molecule has 2 aromatic carbocycles. The molecule has 2 aromatic rings. The molecule has 1 unspecified atom stereocenters. The summed E-state index contributed by atoms with van der Waals surface area (Å²) >= 11 is 3.39. The van der Waals surface area contributed by atoms with Crippen molar-refractivity contribution in [2.45, 2.75) is 20.0 Å². The van der Waals surface area contributed by atoms with Crippen LogP contribution in [0.4, 0.5) is 0 Å². The van der Waals surface area contributed by atoms with Crippen molar-refractivity contribution in [3.05, 3.63) is 58.1 Å². The molecule has 18 heavy (non-hydrogen) atoms. The van der Waals surface area contributed by atoms with Gasteiger partial charge in [-0.2, -0.15) is 0 Å². The summed E-state index contributed by atoms with van der Waals surface area (Å²) in [4.78, 5) is 0. The molecular weight excluding hydrogens is 292 g/mol. The minimum atomic E-state index is -0.567. The molecular formula is C15H15BrO2. The van der Waals surface area contributed by atoms with Crippen LogP contribution in [0.5, 0.6) is 11.5 Å². The summed E-state index contributed by atoms with van der Waals surface area (Å²) in [6, 6.07) is 13.5. The summed E-state index contributed by atoms with van der Waals surface area (Å²) in [5, 5.41) is 9.76. The highest BCUT2D eigenvalue weighted by Crippen LogP contribution is 2.32. The van der Waals surface area contributed by atoms with Crippen LogP contribution in [0.1, 0.15) is 24.2 Å². The van der Waals surface area contributed by atoms with E-state index in [9.17, 15) is 5.11 Å². The molecule has 0 bridgehead atoms. The Balaban J connectivity index is 2.34. The van der Waals surface area contributed by atoms with Gasteiger partial charge in [-0.3, -0.25) is 0 Å². The SMILES string of the molecule is Cc1cccc(Oc2ccc(Br)cc2C(C)O)c1. The average Bonchev–Trinajstić information content (AvgIpc) is 2.31. The minimum Gasteiger partial charge on any atom is -0.457 e. The van der Waals surface area contributed by atoms with Gasteiger partial charge in [-0.05, 0) is 49.7 Å². The van der Waals surface area contributed by atoms with E-state index in [-0.39, 0.29) is 0 Å². The highest BCUT2D eigenvalue weighted by molar-refractivity contribution is 9.10. The van der Waals surface area contributed by atoms with Gasteiger partial charge in [-0.25, -0.2) is 0 Å². The van der Waals surface area contributed by atoms with E-state index in [4.69, 9.17) is 4.74 Å². The van der Waals surface area contributed by atoms with Crippen LogP contribution in [-0.4, -0.2) is 5.11 Å². The maximum atomic E-state index is 9.76. The Morgan fingerprint density at radius 1 is 1.17 bits per heavy atom. The molecule has 1 N–H and O–H groups in total. The van der Waals surface area contributed by atoms with Crippen molar-refractivity contribution in [3.8, 4) is 11.5 Å². The zero-order valence-electron chi connectivity index (χ0n) is 10.4. The number of aryl methyl sites for hydroxylation is 1. The fourth-order valence-electron chi connectivity index (χ4n) is 1.74. The zero-order chi connectivity index (χ0) is 13.1. The third-order valence-corrected chi connectivity index (χ3v) is 3.13. The van der Waals surface area contributed by atoms with Crippen molar-refractivity contribution in [3.63, 3.8) is 0 Å². The van der Waals surface area contributed by atoms with Gasteiger partial charge in [0.1, 0.15) is 11.5 Å². The first kappa shape index (κ1) is 13.1. The predicted molar refractivity (Wildman–Crippen MR) is 76.0 cm³/mol. The van der Waals surface area contributed by atoms with Gasteiger partial charge in [0, 0.05) is 10.0 Å². The molecule has 1 atom stereocenters. The van der Waals surface area contributed by atoms with Gasteiger partial charge >= 0.3 is 0 Å². The third kappa shape index (κ3) is 3.12. The van der Waals surface area contributed by atoms with E-state index in [1.807, 2.05) is 49.4 Å². The molecule has 0 heterocycles. The summed E-state index contributed by atoms with van der Waals surface area (Å²) in [7, 11) is 0. The molecule has 0 saturated heterocycles. The summed E-state index contributed by atoms with van der Waals surface area (Å²) < 4.78 is 6.75. The van der Waals surface area contributed by atoms with Gasteiger partial charge in [0.25, 0.3) is 0 Å². The fraction of sp³-hybridized carbons (Fsp3) is 0.200. The van der Waals surface area contributed by atoms with Crippen LogP contribution in [0.3, 0.4) is 0 Å². The van der Waals surface area contributed by atoms with Crippen LogP contribution in [0, 0.1) is 6.92 Å². The van der Waals surface area contributed by atoms with E-state index in [2.05, 4.69) is 15.9 Å². The first-order chi connectivity index (χ1) is 8.56. The molecule has 2 nitrogen and oxygen atoms in total. The lowest BCUT2D eigenvalue weighted by Crippen LogP contribution is -1.96. The lowest BCUT2D eigenvalue weighted by atomic mass is 10.1. The van der Waals surface area contributed by atoms with Crippen molar-refractivity contribution in [1.82, 2.24) is 0 Å². The molecule has 2 rings (SSSR count). The molecule has 0 aliphatic carbocycles. The predicted octanol–water partition coefficient (Wildman–Crippen LogP) is 4.60. The van der Waals surface area contributed by atoms with Crippen LogP contribution in [-0.2, 0) is 0 Å². The lowest BCUT2D eigenvalue weighted by molar-refractivity contribution is 0.195. The summed E-state index contributed by atoms with van der Waals surface area (Å²) in [6.45, 7) is 3.74. The summed E-state index contributed by atoms with van der Waals surface area (Å²) in [6.07, 6.45) is -0.567. The van der Waals surface area contributed by atoms with E-state index < -0.39 is 6.10 Å². The number of hydrogen-bond acceptors (Lipinski definition) is 2. The van der Waals surface area contributed by atoms with Crippen LogP contribution < -0.4 is 4.74 Å². The number of ether oxygens (including phenoxy) is 1. The van der Waals surface area contributed by atoms with Gasteiger partial charge < -0.3 is 9.84 Å². The second-order valence-corrected chi connectivity index (χ2v) is 5.19. The molecule has 0 amide bonds. The monoisotopic (exact) mass is 306 g/mol. The topological polar surface area (TPSA) is 29.5 Å². The highest BCUT2D eigenvalue weighted by Gasteiger charge is 2.10. The Morgan fingerprint density at radius 2 is 1.94 bits per heavy atom. The largest absolute Gasteiger partial charge is 0.457 e. The summed E-state index contributed by atoms with van der Waals surface area (Å²) in [5.74, 6) is 1.46. The van der Waals surface area contributed by atoms with Gasteiger partial charge in [0.15, 0.2) is 0 Å². The van der Waals surface area contributed by atoms with Crippen LogP contribution in [0.15, 0.2) is 46.9 Å². The first-order valence-corrected chi connectivity index (χ1v) is 6.57. The van der Waals surface area contributed by atoms with Crippen LogP contribution >= 0.6 is 15.9 Å². The van der Waals surface area contributed by atoms with Crippen LogP contribution in [0.2, 0.25) is 0 Å². The minimum absolute atomic E-state index is 0.567. The van der Waals surface area contributed by atoms with Crippen molar-refractivity contribution in [2.24, 2.45) is 0 Å². The number of halogens is 1. The van der Waals surface area contributed by atoms with Gasteiger partial charge in [0.2, 0.25) is 0 Å². The van der Waals surface area contributed by atoms with Crippen molar-refractivity contribution in [2.75, 3.05) is 0 Å². The quantitative estimate of drug-likeness (QED) is 0.897. The normalized spacial score (nSPS) is 12.2. The molecule has 0 spiro atoms. The maximum Gasteiger partial charge on any atom is 0.133 e. The first-order valence-electron chi connectivity index (χ1n) is 5.78. The molecule has 94 valence electrons. The maximum absolute atomic E-state index is 9.76. The van der Waals surface area contributed by atoms with Crippen molar-refractivity contribution in [1.29, 1.82) is 0 Å². The van der Waals surface area contributed by atoms with Crippen LogP contribution in [0.25, 0.3) is 0 Å². The zero-order valence-corrected chi connectivity index (χ0v) is 11.9. The van der Waals surface area contributed by atoms with Gasteiger partial charge in [-0.1, -0.05) is 28.1 Å². The number of hydrogen-bond donors (Lipinski definition) is 1. The molecule has 0 aliphatic heterocycles. The van der Waals surface area contributed by atoms with Crippen molar-refractivity contribution >= 4 is 15.9 Å². The van der Waals surface area contributed by atoms with Gasteiger partial charge in [0.05, 0.1) is 6.10 Å². The standard InChI is InChI=1S/C15H15BrO2/c1-10-4-3-5-13(8-10)18-15-7-6-12(16)9-14(15)11(2)17/h3-9,11,17H,1-2H3. The number of aliphatic hydroxyl groups excluding tert-OH is 1. The lowest BCUT2D eigenvalue weighted by Gasteiger charge is -2.14. The van der Waals surface area contributed by atoms with E-state index >= 15 is 0 Å². The Morgan fingerprint density at radius 3 is 2.61 bits per heavy atom. The highest BCUT2D eigenvalue weighted by atomic mass is 79.9. The molecule has 0 aromatic heterocycles. The van der Waals surface area contributed by atoms with E-state index in [1.54, 1.807) is 6.92 Å².